The summed E-state index contributed by atoms with van der Waals surface area (Å²) in [6.07, 6.45) is 3.79. The van der Waals surface area contributed by atoms with Crippen LogP contribution in [-0.2, 0) is 11.2 Å². The largest absolute Gasteiger partial charge is 0.380 e. The molecule has 6 rings (SSSR count). The summed E-state index contributed by atoms with van der Waals surface area (Å²) in [4.78, 5) is 23.3. The van der Waals surface area contributed by atoms with Gasteiger partial charge in [-0.25, -0.2) is 4.98 Å². The Balaban J connectivity index is 1.24. The molecule has 2 unspecified atom stereocenters. The van der Waals surface area contributed by atoms with Gasteiger partial charge in [-0.2, -0.15) is 0 Å². The number of aromatic nitrogens is 1. The standard InChI is InChI=1S/C31H33N5O/c1-22-8-2-6-12-26(22)34-31(37)29(28-15-14-24-10-4-7-13-27(24)33-28)35-18-20-36(21-19-35)30-25-11-5-3-9-23(25)16-17-32-30/h2-13,16-17,28-29,33H,14-15,18-21H2,1H3,(H,34,37). The molecule has 188 valence electrons. The van der Waals surface area contributed by atoms with Crippen LogP contribution in [0.1, 0.15) is 17.5 Å². The number of rotatable bonds is 5. The highest BCUT2D eigenvalue weighted by Crippen LogP contribution is 2.30. The summed E-state index contributed by atoms with van der Waals surface area (Å²) in [5.41, 5.74) is 4.42. The first-order valence-corrected chi connectivity index (χ1v) is 13.2. The predicted molar refractivity (Wildman–Crippen MR) is 151 cm³/mol. The molecular formula is C31H33N5O. The van der Waals surface area contributed by atoms with E-state index in [4.69, 9.17) is 4.98 Å². The van der Waals surface area contributed by atoms with Crippen molar-refractivity contribution in [3.05, 3.63) is 96.2 Å². The van der Waals surface area contributed by atoms with E-state index in [0.717, 1.165) is 61.8 Å². The van der Waals surface area contributed by atoms with Gasteiger partial charge in [0.2, 0.25) is 5.91 Å². The van der Waals surface area contributed by atoms with Crippen LogP contribution in [0.15, 0.2) is 85.1 Å². The first-order chi connectivity index (χ1) is 18.2. The van der Waals surface area contributed by atoms with E-state index in [-0.39, 0.29) is 18.0 Å². The summed E-state index contributed by atoms with van der Waals surface area (Å²) in [7, 11) is 0. The predicted octanol–water partition coefficient (Wildman–Crippen LogP) is 5.10. The Bertz CT molecular complexity index is 1410. The van der Waals surface area contributed by atoms with Crippen LogP contribution in [0.3, 0.4) is 0 Å². The van der Waals surface area contributed by atoms with E-state index in [9.17, 15) is 4.79 Å². The van der Waals surface area contributed by atoms with Crippen molar-refractivity contribution >= 4 is 33.9 Å². The van der Waals surface area contributed by atoms with Crippen molar-refractivity contribution in [3.63, 3.8) is 0 Å². The third-order valence-electron chi connectivity index (χ3n) is 7.80. The highest BCUT2D eigenvalue weighted by molar-refractivity contribution is 5.96. The number of amides is 1. The summed E-state index contributed by atoms with van der Waals surface area (Å²) in [6.45, 7) is 5.31. The highest BCUT2D eigenvalue weighted by Gasteiger charge is 2.37. The second-order valence-corrected chi connectivity index (χ2v) is 10.1. The lowest BCUT2D eigenvalue weighted by Crippen LogP contribution is -2.60. The molecule has 3 aromatic carbocycles. The minimum Gasteiger partial charge on any atom is -0.380 e. The molecule has 2 atom stereocenters. The van der Waals surface area contributed by atoms with Gasteiger partial charge in [0.25, 0.3) is 0 Å². The quantitative estimate of drug-likeness (QED) is 0.407. The molecule has 2 aliphatic rings. The fraction of sp³-hybridized carbons (Fsp3) is 0.290. The Morgan fingerprint density at radius 2 is 1.70 bits per heavy atom. The van der Waals surface area contributed by atoms with Gasteiger partial charge in [-0.15, -0.1) is 0 Å². The number of carbonyl (C=O) groups excluding carboxylic acids is 1. The number of para-hydroxylation sites is 2. The van der Waals surface area contributed by atoms with Gasteiger partial charge >= 0.3 is 0 Å². The average Bonchev–Trinajstić information content (AvgIpc) is 2.94. The van der Waals surface area contributed by atoms with Crippen LogP contribution in [0.5, 0.6) is 0 Å². The molecule has 6 nitrogen and oxygen atoms in total. The van der Waals surface area contributed by atoms with Gasteiger partial charge in [0.1, 0.15) is 11.9 Å². The maximum absolute atomic E-state index is 13.9. The molecular weight excluding hydrogens is 458 g/mol. The van der Waals surface area contributed by atoms with Crippen molar-refractivity contribution in [3.8, 4) is 0 Å². The number of hydrogen-bond acceptors (Lipinski definition) is 5. The molecule has 0 spiro atoms. The number of pyridine rings is 1. The van der Waals surface area contributed by atoms with Crippen molar-refractivity contribution in [1.82, 2.24) is 9.88 Å². The number of fused-ring (bicyclic) bond motifs is 2. The van der Waals surface area contributed by atoms with Gasteiger partial charge in [-0.3, -0.25) is 9.69 Å². The molecule has 0 radical (unpaired) electrons. The maximum atomic E-state index is 13.9. The number of aryl methyl sites for hydroxylation is 2. The SMILES string of the molecule is Cc1ccccc1NC(=O)C(C1CCc2ccccc2N1)N1CCN(c2nccc3ccccc23)CC1. The third kappa shape index (κ3) is 4.77. The topological polar surface area (TPSA) is 60.5 Å². The number of carbonyl (C=O) groups is 1. The minimum atomic E-state index is -0.268. The van der Waals surface area contributed by atoms with Gasteiger partial charge in [-0.1, -0.05) is 60.7 Å². The second kappa shape index (κ2) is 10.2. The summed E-state index contributed by atoms with van der Waals surface area (Å²) in [6, 6.07) is 26.7. The monoisotopic (exact) mass is 491 g/mol. The van der Waals surface area contributed by atoms with Gasteiger partial charge in [0.05, 0.1) is 6.04 Å². The molecule has 1 amide bonds. The molecule has 0 saturated carbocycles. The van der Waals surface area contributed by atoms with Crippen molar-refractivity contribution in [1.29, 1.82) is 0 Å². The van der Waals surface area contributed by atoms with Crippen molar-refractivity contribution < 1.29 is 4.79 Å². The average molecular weight is 492 g/mol. The molecule has 0 aliphatic carbocycles. The van der Waals surface area contributed by atoms with E-state index in [1.54, 1.807) is 0 Å². The van der Waals surface area contributed by atoms with Crippen LogP contribution in [0, 0.1) is 6.92 Å². The molecule has 3 heterocycles. The van der Waals surface area contributed by atoms with Gasteiger partial charge in [0.15, 0.2) is 0 Å². The minimum absolute atomic E-state index is 0.0427. The molecule has 4 aromatic rings. The van der Waals surface area contributed by atoms with Crippen LogP contribution in [0.25, 0.3) is 10.8 Å². The third-order valence-corrected chi connectivity index (χ3v) is 7.80. The summed E-state index contributed by atoms with van der Waals surface area (Å²) in [5.74, 6) is 1.09. The van der Waals surface area contributed by atoms with E-state index in [1.165, 1.54) is 16.3 Å². The van der Waals surface area contributed by atoms with E-state index < -0.39 is 0 Å². The molecule has 1 fully saturated rings. The summed E-state index contributed by atoms with van der Waals surface area (Å²) < 4.78 is 0. The van der Waals surface area contributed by atoms with Crippen LogP contribution in [-0.4, -0.2) is 54.1 Å². The summed E-state index contributed by atoms with van der Waals surface area (Å²) in [5, 5.41) is 9.35. The van der Waals surface area contributed by atoms with E-state index in [1.807, 2.05) is 37.4 Å². The van der Waals surface area contributed by atoms with Crippen LogP contribution in [0.2, 0.25) is 0 Å². The molecule has 1 aromatic heterocycles. The van der Waals surface area contributed by atoms with Crippen LogP contribution in [0.4, 0.5) is 17.2 Å². The number of nitrogens with zero attached hydrogens (tertiary/aromatic N) is 3. The van der Waals surface area contributed by atoms with Crippen LogP contribution < -0.4 is 15.5 Å². The molecule has 2 N–H and O–H groups in total. The fourth-order valence-corrected chi connectivity index (χ4v) is 5.79. The van der Waals surface area contributed by atoms with Crippen molar-refractivity contribution in [2.75, 3.05) is 41.7 Å². The molecule has 0 bridgehead atoms. The Hall–Kier alpha value is -3.90. The van der Waals surface area contributed by atoms with Gasteiger partial charge in [0, 0.05) is 49.1 Å². The molecule has 1 saturated heterocycles. The number of piperazine rings is 1. The van der Waals surface area contributed by atoms with E-state index in [2.05, 4.69) is 75.0 Å². The van der Waals surface area contributed by atoms with Gasteiger partial charge < -0.3 is 15.5 Å². The Labute approximate surface area is 218 Å². The number of anilines is 3. The van der Waals surface area contributed by atoms with Gasteiger partial charge in [-0.05, 0) is 54.5 Å². The zero-order valence-corrected chi connectivity index (χ0v) is 21.2. The molecule has 2 aliphatic heterocycles. The number of nitrogens with one attached hydrogen (secondary N) is 2. The zero-order valence-electron chi connectivity index (χ0n) is 21.2. The highest BCUT2D eigenvalue weighted by atomic mass is 16.2. The number of hydrogen-bond donors (Lipinski definition) is 2. The Morgan fingerprint density at radius 1 is 0.946 bits per heavy atom. The van der Waals surface area contributed by atoms with E-state index >= 15 is 0 Å². The number of benzene rings is 3. The first-order valence-electron chi connectivity index (χ1n) is 13.2. The van der Waals surface area contributed by atoms with Crippen molar-refractivity contribution in [2.45, 2.75) is 31.8 Å². The maximum Gasteiger partial charge on any atom is 0.243 e. The lowest BCUT2D eigenvalue weighted by Gasteiger charge is -2.43. The molecule has 37 heavy (non-hydrogen) atoms. The molecule has 6 heteroatoms. The van der Waals surface area contributed by atoms with Crippen molar-refractivity contribution in [2.24, 2.45) is 0 Å². The Morgan fingerprint density at radius 3 is 2.57 bits per heavy atom. The fourth-order valence-electron chi connectivity index (χ4n) is 5.79. The van der Waals surface area contributed by atoms with E-state index in [0.29, 0.717) is 0 Å². The first kappa shape index (κ1) is 23.5. The normalized spacial score (nSPS) is 18.6. The second-order valence-electron chi connectivity index (χ2n) is 10.1. The lowest BCUT2D eigenvalue weighted by atomic mass is 9.91. The lowest BCUT2D eigenvalue weighted by molar-refractivity contribution is -0.122. The zero-order chi connectivity index (χ0) is 25.2. The summed E-state index contributed by atoms with van der Waals surface area (Å²) >= 11 is 0. The Kier molecular flexibility index (Phi) is 6.49. The van der Waals surface area contributed by atoms with Crippen LogP contribution >= 0.6 is 0 Å². The smallest absolute Gasteiger partial charge is 0.243 e.